The van der Waals surface area contributed by atoms with E-state index in [1.165, 1.54) is 5.56 Å². The summed E-state index contributed by atoms with van der Waals surface area (Å²) in [5, 5.41) is 4.26. The first-order valence-electron chi connectivity index (χ1n) is 4.41. The SMILES string of the molecule is CC1Cn2ncc(C(C)C)c2O1. The predicted molar refractivity (Wildman–Crippen MR) is 46.4 cm³/mol. The molecule has 1 unspecified atom stereocenters. The standard InChI is InChI=1S/C9H14N2O/c1-6(2)8-4-10-11-5-7(3)12-9(8)11/h4,6-7H,5H2,1-3H3. The topological polar surface area (TPSA) is 27.1 Å². The summed E-state index contributed by atoms with van der Waals surface area (Å²) in [6.07, 6.45) is 2.19. The first-order chi connectivity index (χ1) is 5.68. The molecule has 0 saturated heterocycles. The van der Waals surface area contributed by atoms with Crippen LogP contribution in [0.5, 0.6) is 5.88 Å². The zero-order valence-corrected chi connectivity index (χ0v) is 7.74. The number of nitrogens with zero attached hydrogens (tertiary/aromatic N) is 2. The molecule has 1 aromatic rings. The fourth-order valence-electron chi connectivity index (χ4n) is 1.51. The van der Waals surface area contributed by atoms with Gasteiger partial charge in [-0.15, -0.1) is 0 Å². The van der Waals surface area contributed by atoms with Crippen molar-refractivity contribution in [3.63, 3.8) is 0 Å². The van der Waals surface area contributed by atoms with Gasteiger partial charge in [0.1, 0.15) is 6.10 Å². The minimum Gasteiger partial charge on any atom is -0.473 e. The Bertz CT molecular complexity index is 291. The largest absolute Gasteiger partial charge is 0.473 e. The molecule has 0 saturated carbocycles. The highest BCUT2D eigenvalue weighted by molar-refractivity contribution is 5.29. The van der Waals surface area contributed by atoms with Gasteiger partial charge in [0.2, 0.25) is 5.88 Å². The second-order valence-electron chi connectivity index (χ2n) is 3.67. The van der Waals surface area contributed by atoms with Crippen LogP contribution < -0.4 is 4.74 Å². The summed E-state index contributed by atoms with van der Waals surface area (Å²) in [5.41, 5.74) is 1.22. The van der Waals surface area contributed by atoms with E-state index in [-0.39, 0.29) is 6.10 Å². The lowest BCUT2D eigenvalue weighted by atomic mass is 10.1. The van der Waals surface area contributed by atoms with E-state index >= 15 is 0 Å². The minimum atomic E-state index is 0.284. The first-order valence-corrected chi connectivity index (χ1v) is 4.41. The molecular weight excluding hydrogens is 152 g/mol. The molecule has 3 heteroatoms. The Kier molecular flexibility index (Phi) is 1.60. The zero-order chi connectivity index (χ0) is 8.72. The summed E-state index contributed by atoms with van der Waals surface area (Å²) in [4.78, 5) is 0. The van der Waals surface area contributed by atoms with Gasteiger partial charge in [0.25, 0.3) is 0 Å². The number of hydrogen-bond acceptors (Lipinski definition) is 2. The summed E-state index contributed by atoms with van der Waals surface area (Å²) in [6, 6.07) is 0. The molecule has 1 aliphatic heterocycles. The molecular formula is C9H14N2O. The number of hydrogen-bond donors (Lipinski definition) is 0. The fraction of sp³-hybridized carbons (Fsp3) is 0.667. The van der Waals surface area contributed by atoms with Crippen LogP contribution in [0.4, 0.5) is 0 Å². The van der Waals surface area contributed by atoms with Crippen molar-refractivity contribution in [2.45, 2.75) is 39.3 Å². The Morgan fingerprint density at radius 1 is 1.67 bits per heavy atom. The van der Waals surface area contributed by atoms with Crippen LogP contribution in [-0.2, 0) is 6.54 Å². The average molecular weight is 166 g/mol. The Morgan fingerprint density at radius 2 is 2.42 bits per heavy atom. The van der Waals surface area contributed by atoms with Gasteiger partial charge >= 0.3 is 0 Å². The van der Waals surface area contributed by atoms with E-state index in [4.69, 9.17) is 4.74 Å². The van der Waals surface area contributed by atoms with Crippen molar-refractivity contribution in [3.8, 4) is 5.88 Å². The molecule has 2 heterocycles. The van der Waals surface area contributed by atoms with Crippen molar-refractivity contribution in [1.82, 2.24) is 9.78 Å². The molecule has 0 N–H and O–H groups in total. The van der Waals surface area contributed by atoms with Crippen LogP contribution in [0.15, 0.2) is 6.20 Å². The van der Waals surface area contributed by atoms with E-state index in [0.29, 0.717) is 5.92 Å². The summed E-state index contributed by atoms with van der Waals surface area (Å²) in [7, 11) is 0. The van der Waals surface area contributed by atoms with Crippen LogP contribution in [0.1, 0.15) is 32.3 Å². The third-order valence-corrected chi connectivity index (χ3v) is 2.18. The van der Waals surface area contributed by atoms with Gasteiger partial charge in [-0.2, -0.15) is 5.10 Å². The molecule has 0 fully saturated rings. The lowest BCUT2D eigenvalue weighted by molar-refractivity contribution is 0.250. The van der Waals surface area contributed by atoms with Gasteiger partial charge in [0.05, 0.1) is 12.7 Å². The monoisotopic (exact) mass is 166 g/mol. The van der Waals surface area contributed by atoms with Gasteiger partial charge in [0, 0.05) is 5.56 Å². The molecule has 0 aromatic carbocycles. The molecule has 66 valence electrons. The molecule has 3 nitrogen and oxygen atoms in total. The van der Waals surface area contributed by atoms with Crippen molar-refractivity contribution >= 4 is 0 Å². The van der Waals surface area contributed by atoms with E-state index in [1.54, 1.807) is 0 Å². The normalized spacial score (nSPS) is 21.2. The highest BCUT2D eigenvalue weighted by atomic mass is 16.5. The Labute approximate surface area is 72.3 Å². The highest BCUT2D eigenvalue weighted by Gasteiger charge is 2.24. The molecule has 1 aliphatic rings. The van der Waals surface area contributed by atoms with Crippen molar-refractivity contribution in [3.05, 3.63) is 11.8 Å². The number of rotatable bonds is 1. The van der Waals surface area contributed by atoms with E-state index in [9.17, 15) is 0 Å². The molecule has 0 bridgehead atoms. The maximum Gasteiger partial charge on any atom is 0.215 e. The number of fused-ring (bicyclic) bond motifs is 1. The molecule has 0 spiro atoms. The summed E-state index contributed by atoms with van der Waals surface area (Å²) in [5.74, 6) is 1.47. The third-order valence-electron chi connectivity index (χ3n) is 2.18. The molecule has 0 amide bonds. The van der Waals surface area contributed by atoms with Gasteiger partial charge in [-0.1, -0.05) is 13.8 Å². The second kappa shape index (κ2) is 2.51. The molecule has 0 radical (unpaired) electrons. The van der Waals surface area contributed by atoms with Gasteiger partial charge in [-0.05, 0) is 12.8 Å². The number of aromatic nitrogens is 2. The van der Waals surface area contributed by atoms with Crippen LogP contribution >= 0.6 is 0 Å². The Morgan fingerprint density at radius 3 is 3.08 bits per heavy atom. The maximum absolute atomic E-state index is 5.64. The molecule has 1 aromatic heterocycles. The lowest BCUT2D eigenvalue weighted by Crippen LogP contribution is -2.08. The van der Waals surface area contributed by atoms with Crippen molar-refractivity contribution in [2.75, 3.05) is 0 Å². The van der Waals surface area contributed by atoms with Crippen LogP contribution in [0.2, 0.25) is 0 Å². The van der Waals surface area contributed by atoms with E-state index in [2.05, 4.69) is 25.9 Å². The van der Waals surface area contributed by atoms with Crippen molar-refractivity contribution < 1.29 is 4.74 Å². The summed E-state index contributed by atoms with van der Waals surface area (Å²) in [6.45, 7) is 7.27. The van der Waals surface area contributed by atoms with Gasteiger partial charge < -0.3 is 4.74 Å². The van der Waals surface area contributed by atoms with Gasteiger partial charge in [-0.3, -0.25) is 0 Å². The first kappa shape index (κ1) is 7.65. The molecule has 2 rings (SSSR count). The van der Waals surface area contributed by atoms with Crippen LogP contribution in [-0.4, -0.2) is 15.9 Å². The maximum atomic E-state index is 5.64. The van der Waals surface area contributed by atoms with Gasteiger partial charge in [0.15, 0.2) is 0 Å². The Hall–Kier alpha value is -0.990. The zero-order valence-electron chi connectivity index (χ0n) is 7.74. The second-order valence-corrected chi connectivity index (χ2v) is 3.67. The van der Waals surface area contributed by atoms with E-state index < -0.39 is 0 Å². The minimum absolute atomic E-state index is 0.284. The van der Waals surface area contributed by atoms with Crippen molar-refractivity contribution in [1.29, 1.82) is 0 Å². The predicted octanol–water partition coefficient (Wildman–Crippen LogP) is 1.79. The van der Waals surface area contributed by atoms with E-state index in [0.717, 1.165) is 12.4 Å². The Balaban J connectivity index is 2.37. The third kappa shape index (κ3) is 1.00. The average Bonchev–Trinajstić information content (AvgIpc) is 2.43. The molecule has 0 aliphatic carbocycles. The van der Waals surface area contributed by atoms with Crippen molar-refractivity contribution in [2.24, 2.45) is 0 Å². The fourth-order valence-corrected chi connectivity index (χ4v) is 1.51. The highest BCUT2D eigenvalue weighted by Crippen LogP contribution is 2.30. The lowest BCUT2D eigenvalue weighted by Gasteiger charge is -2.05. The quantitative estimate of drug-likeness (QED) is 0.636. The molecule has 12 heavy (non-hydrogen) atoms. The van der Waals surface area contributed by atoms with Crippen LogP contribution in [0.25, 0.3) is 0 Å². The van der Waals surface area contributed by atoms with Crippen LogP contribution in [0, 0.1) is 0 Å². The van der Waals surface area contributed by atoms with Crippen LogP contribution in [0.3, 0.4) is 0 Å². The number of ether oxygens (including phenoxy) is 1. The summed E-state index contributed by atoms with van der Waals surface area (Å²) >= 11 is 0. The smallest absolute Gasteiger partial charge is 0.215 e. The molecule has 1 atom stereocenters. The van der Waals surface area contributed by atoms with E-state index in [1.807, 2.05) is 10.9 Å². The van der Waals surface area contributed by atoms with Gasteiger partial charge in [-0.25, -0.2) is 4.68 Å². The summed E-state index contributed by atoms with van der Waals surface area (Å²) < 4.78 is 7.58.